The fraction of sp³-hybridized carbons (Fsp3) is 0.0833. The molecule has 0 saturated heterocycles. The van der Waals surface area contributed by atoms with Crippen molar-refractivity contribution >= 4 is 56.9 Å². The van der Waals surface area contributed by atoms with Crippen molar-refractivity contribution in [2.24, 2.45) is 0 Å². The van der Waals surface area contributed by atoms with Crippen LogP contribution in [0, 0.1) is 25.5 Å². The minimum absolute atomic E-state index is 0.342. The molecule has 4 nitrogen and oxygen atoms in total. The van der Waals surface area contributed by atoms with Gasteiger partial charge in [0.1, 0.15) is 16.8 Å². The van der Waals surface area contributed by atoms with E-state index in [1.165, 1.54) is 12.1 Å². The molecule has 166 valence electrons. The molecule has 4 aromatic heterocycles. The van der Waals surface area contributed by atoms with Gasteiger partial charge in [0.2, 0.25) is 0 Å². The van der Waals surface area contributed by atoms with Crippen LogP contribution in [0.5, 0.6) is 0 Å². The van der Waals surface area contributed by atoms with Gasteiger partial charge in [0.05, 0.1) is 15.7 Å². The molecule has 0 N–H and O–H groups in total. The third-order valence-electron chi connectivity index (χ3n) is 4.93. The van der Waals surface area contributed by atoms with Crippen LogP contribution in [0.1, 0.15) is 11.1 Å². The number of benzene rings is 1. The highest BCUT2D eigenvalue weighted by Crippen LogP contribution is 2.32. The zero-order valence-corrected chi connectivity index (χ0v) is 19.6. The third kappa shape index (κ3) is 4.74. The van der Waals surface area contributed by atoms with Gasteiger partial charge in [-0.3, -0.25) is 0 Å². The summed E-state index contributed by atoms with van der Waals surface area (Å²) in [5.74, 6) is -1.31. The fourth-order valence-electron chi connectivity index (χ4n) is 3.25. The normalized spacial score (nSPS) is 10.9. The lowest BCUT2D eigenvalue weighted by Crippen LogP contribution is -1.95. The molecule has 0 fully saturated rings. The highest BCUT2D eigenvalue weighted by Gasteiger charge is 2.14. The lowest BCUT2D eigenvalue weighted by atomic mass is 10.0. The van der Waals surface area contributed by atoms with Crippen LogP contribution in [-0.4, -0.2) is 19.9 Å². The highest BCUT2D eigenvalue weighted by molar-refractivity contribution is 6.39. The second-order valence-corrected chi connectivity index (χ2v) is 8.26. The smallest absolute Gasteiger partial charge is 0.162 e. The molecule has 9 heteroatoms. The van der Waals surface area contributed by atoms with Crippen molar-refractivity contribution in [3.63, 3.8) is 0 Å². The second-order valence-electron chi connectivity index (χ2n) is 7.15. The maximum Gasteiger partial charge on any atom is 0.162 e. The van der Waals surface area contributed by atoms with Gasteiger partial charge in [-0.05, 0) is 55.8 Å². The molecule has 0 bridgehead atoms. The first-order valence-corrected chi connectivity index (χ1v) is 10.8. The SMILES string of the molecule is Cc1c(-c2cc(F)cc(F)c2)nc2ncccc2c1Cl.Cc1c(Cl)nc2ncccc2c1Cl. The largest absolute Gasteiger partial charge is 0.237 e. The Balaban J connectivity index is 0.000000172. The van der Waals surface area contributed by atoms with Crippen LogP contribution in [0.15, 0.2) is 54.9 Å². The van der Waals surface area contributed by atoms with Crippen molar-refractivity contribution in [2.75, 3.05) is 0 Å². The number of fused-ring (bicyclic) bond motifs is 2. The predicted octanol–water partition coefficient (Wildman–Crippen LogP) is 7.78. The molecule has 0 amide bonds. The first-order valence-electron chi connectivity index (χ1n) is 9.70. The molecule has 1 aromatic carbocycles. The Morgan fingerprint density at radius 3 is 1.79 bits per heavy atom. The van der Waals surface area contributed by atoms with Crippen LogP contribution in [0.3, 0.4) is 0 Å². The Labute approximate surface area is 203 Å². The monoisotopic (exact) mass is 502 g/mol. The van der Waals surface area contributed by atoms with Crippen molar-refractivity contribution in [1.29, 1.82) is 0 Å². The number of aromatic nitrogens is 4. The van der Waals surface area contributed by atoms with Crippen LogP contribution < -0.4 is 0 Å². The van der Waals surface area contributed by atoms with Gasteiger partial charge in [-0.1, -0.05) is 34.8 Å². The van der Waals surface area contributed by atoms with Gasteiger partial charge in [0.15, 0.2) is 11.3 Å². The van der Waals surface area contributed by atoms with Gasteiger partial charge in [-0.25, -0.2) is 28.7 Å². The minimum Gasteiger partial charge on any atom is -0.237 e. The minimum atomic E-state index is -0.654. The maximum atomic E-state index is 13.3. The molecule has 0 saturated carbocycles. The standard InChI is InChI=1S/C15H9ClF2N2.C9H6Cl2N2/c1-8-13(16)12-3-2-4-19-15(12)20-14(8)9-5-10(17)7-11(18)6-9;1-5-7(10)6-3-2-4-12-9(6)13-8(5)11/h2-7H,1H3;2-4H,1H3. The van der Waals surface area contributed by atoms with E-state index in [-0.39, 0.29) is 0 Å². The summed E-state index contributed by atoms with van der Waals surface area (Å²) in [4.78, 5) is 16.7. The van der Waals surface area contributed by atoms with E-state index in [4.69, 9.17) is 34.8 Å². The summed E-state index contributed by atoms with van der Waals surface area (Å²) < 4.78 is 26.7. The lowest BCUT2D eigenvalue weighted by molar-refractivity contribution is 0.584. The molecule has 33 heavy (non-hydrogen) atoms. The van der Waals surface area contributed by atoms with Gasteiger partial charge in [-0.15, -0.1) is 0 Å². The molecule has 4 heterocycles. The summed E-state index contributed by atoms with van der Waals surface area (Å²) >= 11 is 18.2. The van der Waals surface area contributed by atoms with E-state index in [9.17, 15) is 8.78 Å². The summed E-state index contributed by atoms with van der Waals surface area (Å²) in [6, 6.07) is 10.5. The predicted molar refractivity (Wildman–Crippen MR) is 129 cm³/mol. The van der Waals surface area contributed by atoms with E-state index >= 15 is 0 Å². The summed E-state index contributed by atoms with van der Waals surface area (Å²) in [5, 5.41) is 3.08. The Morgan fingerprint density at radius 1 is 0.697 bits per heavy atom. The quantitative estimate of drug-likeness (QED) is 0.219. The summed E-state index contributed by atoms with van der Waals surface area (Å²) in [6.07, 6.45) is 3.26. The van der Waals surface area contributed by atoms with Crippen molar-refractivity contribution in [3.05, 3.63) is 92.8 Å². The summed E-state index contributed by atoms with van der Waals surface area (Å²) in [6.45, 7) is 3.60. The zero-order valence-electron chi connectivity index (χ0n) is 17.4. The molecule has 0 atom stereocenters. The van der Waals surface area contributed by atoms with Crippen molar-refractivity contribution < 1.29 is 8.78 Å². The average molecular weight is 504 g/mol. The van der Waals surface area contributed by atoms with Crippen molar-refractivity contribution in [2.45, 2.75) is 13.8 Å². The van der Waals surface area contributed by atoms with E-state index in [0.717, 1.165) is 17.0 Å². The lowest BCUT2D eigenvalue weighted by Gasteiger charge is -2.10. The zero-order chi connectivity index (χ0) is 23.7. The van der Waals surface area contributed by atoms with Crippen LogP contribution >= 0.6 is 34.8 Å². The first kappa shape index (κ1) is 23.2. The van der Waals surface area contributed by atoms with Gasteiger partial charge in [0.25, 0.3) is 0 Å². The van der Waals surface area contributed by atoms with Gasteiger partial charge in [0, 0.05) is 40.4 Å². The molecule has 0 aliphatic carbocycles. The molecular weight excluding hydrogens is 489 g/mol. The second kappa shape index (κ2) is 9.51. The number of hydrogen-bond donors (Lipinski definition) is 0. The molecule has 0 spiro atoms. The maximum absolute atomic E-state index is 13.3. The third-order valence-corrected chi connectivity index (χ3v) is 6.27. The van der Waals surface area contributed by atoms with Gasteiger partial charge in [-0.2, -0.15) is 0 Å². The molecule has 5 aromatic rings. The molecule has 5 rings (SSSR count). The molecular formula is C24H15Cl3F2N4. The Kier molecular flexibility index (Phi) is 6.70. The van der Waals surface area contributed by atoms with Crippen LogP contribution in [0.2, 0.25) is 15.2 Å². The van der Waals surface area contributed by atoms with E-state index in [1.54, 1.807) is 31.5 Å². The highest BCUT2D eigenvalue weighted by atomic mass is 35.5. The Hall–Kier alpha value is -2.93. The fourth-order valence-corrected chi connectivity index (χ4v) is 3.95. The molecule has 0 aliphatic rings. The topological polar surface area (TPSA) is 51.6 Å². The van der Waals surface area contributed by atoms with Gasteiger partial charge >= 0.3 is 0 Å². The number of halogens is 5. The molecule has 0 unspecified atom stereocenters. The summed E-state index contributed by atoms with van der Waals surface area (Å²) in [5.41, 5.74) is 3.26. The van der Waals surface area contributed by atoms with E-state index in [0.29, 0.717) is 48.7 Å². The molecule has 0 radical (unpaired) electrons. The summed E-state index contributed by atoms with van der Waals surface area (Å²) in [7, 11) is 0. The van der Waals surface area contributed by atoms with E-state index in [1.807, 2.05) is 19.1 Å². The number of rotatable bonds is 1. The number of pyridine rings is 4. The van der Waals surface area contributed by atoms with Crippen molar-refractivity contribution in [1.82, 2.24) is 19.9 Å². The first-order chi connectivity index (χ1) is 15.8. The Morgan fingerprint density at radius 2 is 1.21 bits per heavy atom. The van der Waals surface area contributed by atoms with Gasteiger partial charge < -0.3 is 0 Å². The van der Waals surface area contributed by atoms with Crippen molar-refractivity contribution in [3.8, 4) is 11.3 Å². The average Bonchev–Trinajstić information content (AvgIpc) is 2.80. The van der Waals surface area contributed by atoms with Crippen LogP contribution in [0.4, 0.5) is 8.78 Å². The Bertz CT molecular complexity index is 1490. The van der Waals surface area contributed by atoms with E-state index < -0.39 is 11.6 Å². The van der Waals surface area contributed by atoms with E-state index in [2.05, 4.69) is 19.9 Å². The number of nitrogens with zero attached hydrogens (tertiary/aromatic N) is 4. The number of hydrogen-bond acceptors (Lipinski definition) is 4. The molecule has 0 aliphatic heterocycles. The van der Waals surface area contributed by atoms with Crippen LogP contribution in [-0.2, 0) is 0 Å². The van der Waals surface area contributed by atoms with Crippen LogP contribution in [0.25, 0.3) is 33.3 Å².